The highest BCUT2D eigenvalue weighted by molar-refractivity contribution is 5.97. The van der Waals surface area contributed by atoms with E-state index in [1.807, 2.05) is 0 Å². The van der Waals surface area contributed by atoms with Crippen LogP contribution in [-0.2, 0) is 0 Å². The Hall–Kier alpha value is -1.87. The molecule has 1 aromatic carbocycles. The highest BCUT2D eigenvalue weighted by atomic mass is 16.3. The van der Waals surface area contributed by atoms with Crippen LogP contribution in [0.15, 0.2) is 48.1 Å². The monoisotopic (exact) mass is 323 g/mol. The summed E-state index contributed by atoms with van der Waals surface area (Å²) in [6.45, 7) is 2.62. The van der Waals surface area contributed by atoms with Gasteiger partial charge in [0, 0.05) is 18.7 Å². The number of nitrogens with zero attached hydrogens (tertiary/aromatic N) is 1. The van der Waals surface area contributed by atoms with Gasteiger partial charge in [0.1, 0.15) is 5.75 Å². The van der Waals surface area contributed by atoms with E-state index in [0.717, 1.165) is 30.8 Å². The summed E-state index contributed by atoms with van der Waals surface area (Å²) in [6, 6.07) is 6.60. The lowest BCUT2D eigenvalue weighted by atomic mass is 9.91. The summed E-state index contributed by atoms with van der Waals surface area (Å²) in [7, 11) is 0. The predicted molar refractivity (Wildman–Crippen MR) is 95.0 cm³/mol. The summed E-state index contributed by atoms with van der Waals surface area (Å²) in [6.07, 6.45) is 12.0. The average molecular weight is 323 g/mol. The van der Waals surface area contributed by atoms with Gasteiger partial charge in [0.15, 0.2) is 5.78 Å². The molecule has 0 amide bonds. The van der Waals surface area contributed by atoms with E-state index >= 15 is 0 Å². The van der Waals surface area contributed by atoms with Gasteiger partial charge in [-0.05, 0) is 73.3 Å². The second-order valence-corrected chi connectivity index (χ2v) is 7.54. The Balaban J connectivity index is 1.32. The van der Waals surface area contributed by atoms with Gasteiger partial charge in [-0.2, -0.15) is 0 Å². The van der Waals surface area contributed by atoms with Crippen LogP contribution in [0.5, 0.6) is 5.75 Å². The largest absolute Gasteiger partial charge is 0.508 e. The van der Waals surface area contributed by atoms with Gasteiger partial charge in [-0.1, -0.05) is 18.2 Å². The third kappa shape index (κ3) is 3.18. The summed E-state index contributed by atoms with van der Waals surface area (Å²) in [5, 5.41) is 9.33. The number of hydrogen-bond acceptors (Lipinski definition) is 3. The van der Waals surface area contributed by atoms with Crippen molar-refractivity contribution in [2.45, 2.75) is 25.7 Å². The lowest BCUT2D eigenvalue weighted by Gasteiger charge is -2.20. The topological polar surface area (TPSA) is 40.5 Å². The number of phenols is 1. The van der Waals surface area contributed by atoms with Crippen LogP contribution in [0, 0.1) is 17.8 Å². The smallest absolute Gasteiger partial charge is 0.176 e. The molecule has 2 atom stereocenters. The number of phenolic OH excluding ortho intramolecular Hbond substituents is 1. The summed E-state index contributed by atoms with van der Waals surface area (Å²) in [5.41, 5.74) is 2.25. The molecule has 1 saturated heterocycles. The van der Waals surface area contributed by atoms with Crippen LogP contribution in [0.3, 0.4) is 0 Å². The van der Waals surface area contributed by atoms with E-state index in [9.17, 15) is 9.90 Å². The van der Waals surface area contributed by atoms with Crippen LogP contribution in [0.25, 0.3) is 0 Å². The maximum atomic E-state index is 12.4. The van der Waals surface area contributed by atoms with E-state index in [0.29, 0.717) is 12.1 Å². The van der Waals surface area contributed by atoms with Crippen molar-refractivity contribution in [3.05, 3.63) is 53.6 Å². The summed E-state index contributed by atoms with van der Waals surface area (Å²) in [4.78, 5) is 14.7. The number of benzene rings is 1. The fourth-order valence-corrected chi connectivity index (χ4v) is 4.68. The Bertz CT molecular complexity index is 660. The van der Waals surface area contributed by atoms with Crippen molar-refractivity contribution in [2.75, 3.05) is 19.6 Å². The van der Waals surface area contributed by atoms with Crippen LogP contribution in [0.4, 0.5) is 0 Å². The van der Waals surface area contributed by atoms with Crippen LogP contribution in [0.1, 0.15) is 36.0 Å². The van der Waals surface area contributed by atoms with E-state index in [2.05, 4.69) is 23.1 Å². The molecule has 1 heterocycles. The number of hydrogen-bond donors (Lipinski definition) is 1. The number of carbonyl (C=O) groups is 1. The third-order valence-corrected chi connectivity index (χ3v) is 5.88. The SMILES string of the molecule is O=C(CN1CC2CC(C3=CCCC=C3)CC2C1)c1ccc(O)cc1. The number of Topliss-reactive ketones (excluding diaryl/α,β-unsaturated/α-hetero) is 1. The third-order valence-electron chi connectivity index (χ3n) is 5.88. The molecule has 2 fully saturated rings. The molecule has 4 rings (SSSR count). The minimum Gasteiger partial charge on any atom is -0.508 e. The van der Waals surface area contributed by atoms with Crippen molar-refractivity contribution >= 4 is 5.78 Å². The zero-order valence-electron chi connectivity index (χ0n) is 14.0. The molecule has 0 bridgehead atoms. The fourth-order valence-electron chi connectivity index (χ4n) is 4.68. The molecule has 0 aromatic heterocycles. The number of aromatic hydroxyl groups is 1. The molecular weight excluding hydrogens is 298 g/mol. The molecule has 126 valence electrons. The molecule has 24 heavy (non-hydrogen) atoms. The molecular formula is C21H25NO2. The second-order valence-electron chi connectivity index (χ2n) is 7.54. The van der Waals surface area contributed by atoms with Gasteiger partial charge in [-0.3, -0.25) is 9.69 Å². The van der Waals surface area contributed by atoms with Crippen molar-refractivity contribution < 1.29 is 9.90 Å². The number of carbonyl (C=O) groups excluding carboxylic acids is 1. The highest BCUT2D eigenvalue weighted by Gasteiger charge is 2.41. The Morgan fingerprint density at radius 3 is 2.42 bits per heavy atom. The standard InChI is InChI=1S/C21H25NO2/c23-20-8-6-16(7-9-20)21(24)14-22-12-18-10-17(11-19(18)13-22)15-4-2-1-3-5-15/h2,4-9,17-19,23H,1,3,10-14H2. The van der Waals surface area contributed by atoms with E-state index < -0.39 is 0 Å². The Kier molecular flexibility index (Phi) is 4.28. The minimum atomic E-state index is 0.157. The molecule has 1 aliphatic heterocycles. The van der Waals surface area contributed by atoms with E-state index in [1.165, 1.54) is 25.7 Å². The minimum absolute atomic E-state index is 0.157. The zero-order valence-corrected chi connectivity index (χ0v) is 14.0. The summed E-state index contributed by atoms with van der Waals surface area (Å²) < 4.78 is 0. The molecule has 2 aliphatic carbocycles. The first-order valence-corrected chi connectivity index (χ1v) is 9.10. The zero-order chi connectivity index (χ0) is 16.5. The average Bonchev–Trinajstić information content (AvgIpc) is 3.14. The predicted octanol–water partition coefficient (Wildman–Crippen LogP) is 3.81. The quantitative estimate of drug-likeness (QED) is 0.857. The van der Waals surface area contributed by atoms with E-state index in [4.69, 9.17) is 0 Å². The Morgan fingerprint density at radius 2 is 1.79 bits per heavy atom. The molecule has 3 heteroatoms. The number of likely N-dealkylation sites (tertiary alicyclic amines) is 1. The molecule has 1 aromatic rings. The maximum Gasteiger partial charge on any atom is 0.176 e. The van der Waals surface area contributed by atoms with Crippen molar-refractivity contribution in [3.8, 4) is 5.75 Å². The lowest BCUT2D eigenvalue weighted by Crippen LogP contribution is -2.29. The van der Waals surface area contributed by atoms with E-state index in [-0.39, 0.29) is 11.5 Å². The van der Waals surface area contributed by atoms with E-state index in [1.54, 1.807) is 29.8 Å². The first kappa shape index (κ1) is 15.6. The normalized spacial score (nSPS) is 29.5. The van der Waals surface area contributed by atoms with Crippen LogP contribution >= 0.6 is 0 Å². The van der Waals surface area contributed by atoms with Crippen molar-refractivity contribution in [3.63, 3.8) is 0 Å². The van der Waals surface area contributed by atoms with Gasteiger partial charge >= 0.3 is 0 Å². The van der Waals surface area contributed by atoms with Gasteiger partial charge in [0.25, 0.3) is 0 Å². The second kappa shape index (κ2) is 6.56. The first-order chi connectivity index (χ1) is 11.7. The molecule has 3 nitrogen and oxygen atoms in total. The molecule has 1 saturated carbocycles. The van der Waals surface area contributed by atoms with Crippen LogP contribution < -0.4 is 0 Å². The van der Waals surface area contributed by atoms with Gasteiger partial charge in [0.2, 0.25) is 0 Å². The van der Waals surface area contributed by atoms with Crippen LogP contribution in [-0.4, -0.2) is 35.4 Å². The van der Waals surface area contributed by atoms with Gasteiger partial charge in [-0.25, -0.2) is 0 Å². The number of rotatable bonds is 4. The molecule has 0 spiro atoms. The van der Waals surface area contributed by atoms with Crippen molar-refractivity contribution in [1.29, 1.82) is 0 Å². The molecule has 1 N–H and O–H groups in total. The van der Waals surface area contributed by atoms with Crippen molar-refractivity contribution in [1.82, 2.24) is 4.90 Å². The molecule has 0 radical (unpaired) electrons. The molecule has 2 unspecified atom stereocenters. The first-order valence-electron chi connectivity index (χ1n) is 9.10. The Labute approximate surface area is 143 Å². The number of ketones is 1. The maximum absolute atomic E-state index is 12.4. The van der Waals surface area contributed by atoms with Gasteiger partial charge in [-0.15, -0.1) is 0 Å². The molecule has 3 aliphatic rings. The number of allylic oxidation sites excluding steroid dienone is 4. The summed E-state index contributed by atoms with van der Waals surface area (Å²) >= 11 is 0. The highest BCUT2D eigenvalue weighted by Crippen LogP contribution is 2.45. The summed E-state index contributed by atoms with van der Waals surface area (Å²) in [5.74, 6) is 2.60. The fraction of sp³-hybridized carbons (Fsp3) is 0.476. The van der Waals surface area contributed by atoms with Gasteiger partial charge in [0.05, 0.1) is 6.54 Å². The van der Waals surface area contributed by atoms with Crippen LogP contribution in [0.2, 0.25) is 0 Å². The Morgan fingerprint density at radius 1 is 1.08 bits per heavy atom. The van der Waals surface area contributed by atoms with Crippen molar-refractivity contribution in [2.24, 2.45) is 17.8 Å². The van der Waals surface area contributed by atoms with Gasteiger partial charge < -0.3 is 5.11 Å². The number of fused-ring (bicyclic) bond motifs is 1. The lowest BCUT2D eigenvalue weighted by molar-refractivity contribution is 0.0940.